The van der Waals surface area contributed by atoms with Gasteiger partial charge < -0.3 is 10.2 Å². The van der Waals surface area contributed by atoms with Crippen LogP contribution in [0.15, 0.2) is 0 Å². The fraction of sp³-hybridized carbons (Fsp3) is 0.727. The van der Waals surface area contributed by atoms with Gasteiger partial charge in [0.2, 0.25) is 5.95 Å². The molecule has 2 atom stereocenters. The summed E-state index contributed by atoms with van der Waals surface area (Å²) in [5.41, 5.74) is 0.502. The molecular weight excluding hydrogens is 276 g/mol. The summed E-state index contributed by atoms with van der Waals surface area (Å²) in [6.45, 7) is 2.48. The molecule has 0 aromatic carbocycles. The summed E-state index contributed by atoms with van der Waals surface area (Å²) in [4.78, 5) is 5.72. The lowest BCUT2D eigenvalue weighted by atomic mass is 9.91. The molecule has 2 fully saturated rings. The van der Waals surface area contributed by atoms with Crippen LogP contribution in [0, 0.1) is 12.8 Å². The van der Waals surface area contributed by atoms with Crippen LogP contribution in [0.1, 0.15) is 12.1 Å². The largest absolute Gasteiger partial charge is 0.329 e. The minimum atomic E-state index is -2.70. The van der Waals surface area contributed by atoms with E-state index in [4.69, 9.17) is 11.6 Å². The molecule has 1 aromatic rings. The molecule has 1 aromatic heterocycles. The lowest BCUT2D eigenvalue weighted by Gasteiger charge is -2.31. The fourth-order valence-corrected chi connectivity index (χ4v) is 2.92. The van der Waals surface area contributed by atoms with E-state index in [2.05, 4.69) is 20.5 Å². The Morgan fingerprint density at radius 2 is 2.21 bits per heavy atom. The normalized spacial score (nSPS) is 29.4. The lowest BCUT2D eigenvalue weighted by molar-refractivity contribution is -0.0340. The molecule has 2 saturated heterocycles. The van der Waals surface area contributed by atoms with E-state index >= 15 is 0 Å². The maximum Gasteiger partial charge on any atom is 0.270 e. The van der Waals surface area contributed by atoms with Crippen LogP contribution in [-0.4, -0.2) is 46.8 Å². The van der Waals surface area contributed by atoms with Crippen molar-refractivity contribution in [3.05, 3.63) is 10.8 Å². The Labute approximate surface area is 114 Å². The number of anilines is 1. The van der Waals surface area contributed by atoms with Gasteiger partial charge in [0.25, 0.3) is 5.92 Å². The van der Waals surface area contributed by atoms with Crippen molar-refractivity contribution in [1.82, 2.24) is 20.5 Å². The van der Waals surface area contributed by atoms with Crippen molar-refractivity contribution in [2.75, 3.05) is 24.5 Å². The molecular formula is C11H14ClF2N5. The van der Waals surface area contributed by atoms with Gasteiger partial charge in [-0.1, -0.05) is 11.6 Å². The Kier molecular flexibility index (Phi) is 3.05. The summed E-state index contributed by atoms with van der Waals surface area (Å²) in [6.07, 6.45) is 0.466. The Morgan fingerprint density at radius 1 is 1.42 bits per heavy atom. The molecule has 0 spiro atoms. The highest BCUT2D eigenvalue weighted by Crippen LogP contribution is 2.42. The summed E-state index contributed by atoms with van der Waals surface area (Å²) in [6, 6.07) is -0.286. The number of hydrogen-bond donors (Lipinski definition) is 1. The van der Waals surface area contributed by atoms with Crippen LogP contribution in [-0.2, 0) is 0 Å². The Morgan fingerprint density at radius 3 is 2.95 bits per heavy atom. The zero-order valence-corrected chi connectivity index (χ0v) is 11.2. The number of aryl methyl sites for hydroxylation is 1. The van der Waals surface area contributed by atoms with Crippen molar-refractivity contribution in [2.45, 2.75) is 25.3 Å². The van der Waals surface area contributed by atoms with Crippen LogP contribution in [0.5, 0.6) is 0 Å². The van der Waals surface area contributed by atoms with Crippen molar-refractivity contribution in [2.24, 2.45) is 5.92 Å². The molecule has 3 rings (SSSR count). The minimum absolute atomic E-state index is 0.202. The van der Waals surface area contributed by atoms with E-state index in [0.29, 0.717) is 25.2 Å². The minimum Gasteiger partial charge on any atom is -0.329 e. The van der Waals surface area contributed by atoms with Gasteiger partial charge in [0.1, 0.15) is 0 Å². The molecule has 5 nitrogen and oxygen atoms in total. The van der Waals surface area contributed by atoms with Gasteiger partial charge in [-0.2, -0.15) is 0 Å². The van der Waals surface area contributed by atoms with Crippen molar-refractivity contribution in [3.63, 3.8) is 0 Å². The van der Waals surface area contributed by atoms with E-state index in [9.17, 15) is 8.78 Å². The maximum absolute atomic E-state index is 14.0. The molecule has 3 heterocycles. The lowest BCUT2D eigenvalue weighted by Crippen LogP contribution is -2.47. The number of nitrogens with one attached hydrogen (secondary N) is 1. The van der Waals surface area contributed by atoms with Crippen LogP contribution in [0.3, 0.4) is 0 Å². The number of fused-ring (bicyclic) bond motifs is 1. The van der Waals surface area contributed by atoms with Gasteiger partial charge in [0.05, 0.1) is 18.3 Å². The summed E-state index contributed by atoms with van der Waals surface area (Å²) >= 11 is 5.77. The number of rotatable bonds is 1. The van der Waals surface area contributed by atoms with Crippen LogP contribution in [0.4, 0.5) is 14.7 Å². The van der Waals surface area contributed by atoms with Crippen molar-refractivity contribution in [1.29, 1.82) is 0 Å². The molecule has 104 valence electrons. The number of alkyl halides is 2. The predicted octanol–water partition coefficient (Wildman–Crippen LogP) is 1.27. The summed E-state index contributed by atoms with van der Waals surface area (Å²) in [5.74, 6) is -3.12. The number of piperidine rings is 1. The van der Waals surface area contributed by atoms with E-state index in [1.165, 1.54) is 0 Å². The van der Waals surface area contributed by atoms with Crippen LogP contribution < -0.4 is 10.2 Å². The third-order valence-corrected chi connectivity index (χ3v) is 4.17. The van der Waals surface area contributed by atoms with Gasteiger partial charge in [-0.25, -0.2) is 13.8 Å². The van der Waals surface area contributed by atoms with Crippen LogP contribution >= 0.6 is 11.6 Å². The fourth-order valence-electron chi connectivity index (χ4n) is 2.84. The highest BCUT2D eigenvalue weighted by atomic mass is 35.5. The second-order valence-corrected chi connectivity index (χ2v) is 5.40. The maximum atomic E-state index is 14.0. The first-order valence-electron chi connectivity index (χ1n) is 6.21. The Bertz CT molecular complexity index is 498. The first kappa shape index (κ1) is 12.9. The molecule has 2 unspecified atom stereocenters. The SMILES string of the molecule is Cc1nc(N2CC(F)(F)C3CCNCC32)nnc1Cl. The van der Waals surface area contributed by atoms with Crippen molar-refractivity contribution >= 4 is 17.5 Å². The van der Waals surface area contributed by atoms with Crippen LogP contribution in [0.25, 0.3) is 0 Å². The van der Waals surface area contributed by atoms with E-state index < -0.39 is 11.8 Å². The number of hydrogen-bond acceptors (Lipinski definition) is 5. The number of nitrogens with zero attached hydrogens (tertiary/aromatic N) is 4. The van der Waals surface area contributed by atoms with E-state index in [1.54, 1.807) is 11.8 Å². The highest BCUT2D eigenvalue weighted by Gasteiger charge is 2.55. The molecule has 0 amide bonds. The molecule has 8 heteroatoms. The van der Waals surface area contributed by atoms with Crippen LogP contribution in [0.2, 0.25) is 5.15 Å². The second kappa shape index (κ2) is 4.49. The molecule has 2 aliphatic heterocycles. The zero-order valence-electron chi connectivity index (χ0n) is 10.4. The molecule has 0 radical (unpaired) electrons. The average molecular weight is 290 g/mol. The third kappa shape index (κ3) is 2.14. The molecule has 2 aliphatic rings. The molecule has 1 N–H and O–H groups in total. The first-order valence-corrected chi connectivity index (χ1v) is 6.59. The monoisotopic (exact) mass is 289 g/mol. The van der Waals surface area contributed by atoms with Gasteiger partial charge in [-0.05, 0) is 19.9 Å². The summed E-state index contributed by atoms with van der Waals surface area (Å²) in [7, 11) is 0. The topological polar surface area (TPSA) is 53.9 Å². The van der Waals surface area contributed by atoms with Gasteiger partial charge >= 0.3 is 0 Å². The number of aromatic nitrogens is 3. The number of halogens is 3. The average Bonchev–Trinajstić information content (AvgIpc) is 2.66. The van der Waals surface area contributed by atoms with E-state index in [0.717, 1.165) is 0 Å². The smallest absolute Gasteiger partial charge is 0.270 e. The quantitative estimate of drug-likeness (QED) is 0.844. The van der Waals surface area contributed by atoms with Crippen molar-refractivity contribution < 1.29 is 8.78 Å². The first-order chi connectivity index (χ1) is 8.99. The van der Waals surface area contributed by atoms with Crippen molar-refractivity contribution in [3.8, 4) is 0 Å². The second-order valence-electron chi connectivity index (χ2n) is 5.04. The molecule has 0 bridgehead atoms. The molecule has 19 heavy (non-hydrogen) atoms. The summed E-state index contributed by atoms with van der Waals surface area (Å²) < 4.78 is 28.0. The van der Waals surface area contributed by atoms with Gasteiger partial charge in [0.15, 0.2) is 5.15 Å². The Balaban J connectivity index is 1.94. The standard InChI is InChI=1S/C11H14ClF2N5/c1-6-9(12)17-18-10(16-6)19-5-11(13,14)7-2-3-15-4-8(7)19/h7-8,15H,2-5H2,1H3. The predicted molar refractivity (Wildman–Crippen MR) is 66.6 cm³/mol. The van der Waals surface area contributed by atoms with Gasteiger partial charge in [-0.15, -0.1) is 10.2 Å². The van der Waals surface area contributed by atoms with Gasteiger partial charge in [0, 0.05) is 12.5 Å². The third-order valence-electron chi connectivity index (χ3n) is 3.82. The van der Waals surface area contributed by atoms with E-state index in [-0.39, 0.29) is 23.7 Å². The zero-order chi connectivity index (χ0) is 13.6. The summed E-state index contributed by atoms with van der Waals surface area (Å²) in [5, 5.41) is 10.9. The molecule has 0 saturated carbocycles. The van der Waals surface area contributed by atoms with E-state index in [1.807, 2.05) is 0 Å². The highest BCUT2D eigenvalue weighted by molar-refractivity contribution is 6.29. The Hall–Kier alpha value is -1.08. The molecule has 0 aliphatic carbocycles. The van der Waals surface area contributed by atoms with Gasteiger partial charge in [-0.3, -0.25) is 0 Å².